The average molecular weight is 336 g/mol. The molecule has 124 valence electrons. The van der Waals surface area contributed by atoms with Gasteiger partial charge >= 0.3 is 5.97 Å². The van der Waals surface area contributed by atoms with Gasteiger partial charge in [0.15, 0.2) is 0 Å². The number of aliphatic imine (C=N–C) groups is 1. The number of nitrogens with zero attached hydrogens (tertiary/aromatic N) is 5. The van der Waals surface area contributed by atoms with Crippen LogP contribution in [0.4, 0.5) is 0 Å². The third kappa shape index (κ3) is 3.20. The number of fused-ring (bicyclic) bond motifs is 1. The molecular weight excluding hydrogens is 324 g/mol. The van der Waals surface area contributed by atoms with E-state index in [1.54, 1.807) is 24.3 Å². The fourth-order valence-electron chi connectivity index (χ4n) is 2.08. The van der Waals surface area contributed by atoms with Crippen molar-refractivity contribution in [3.05, 3.63) is 47.4 Å². The smallest absolute Gasteiger partial charge is 0.373 e. The average Bonchev–Trinajstić information content (AvgIpc) is 3.00. The normalized spacial score (nSPS) is 15.1. The Bertz CT molecular complexity index is 992. The highest BCUT2D eigenvalue weighted by atomic mass is 16.7. The Hall–Kier alpha value is -4.00. The van der Waals surface area contributed by atoms with Crippen LogP contribution in [0.1, 0.15) is 6.42 Å². The molecule has 0 atom stereocenters. The van der Waals surface area contributed by atoms with Crippen LogP contribution >= 0.6 is 0 Å². The SMILES string of the molecule is N#CCC1=CN/C(=C(/C(=N)N)C(=O)On2nnc3ccccc32)N=C1. The zero-order chi connectivity index (χ0) is 17.8. The molecule has 3 rings (SSSR count). The first-order valence-corrected chi connectivity index (χ1v) is 7.08. The van der Waals surface area contributed by atoms with Crippen LogP contribution in [0.25, 0.3) is 11.0 Å². The first-order valence-electron chi connectivity index (χ1n) is 7.08. The van der Waals surface area contributed by atoms with Crippen molar-refractivity contribution in [2.45, 2.75) is 6.42 Å². The number of aromatic nitrogens is 3. The van der Waals surface area contributed by atoms with Crippen LogP contribution < -0.4 is 15.9 Å². The summed E-state index contributed by atoms with van der Waals surface area (Å²) in [5.74, 6) is -1.39. The van der Waals surface area contributed by atoms with Gasteiger partial charge in [0, 0.05) is 18.0 Å². The van der Waals surface area contributed by atoms with Crippen molar-refractivity contribution in [2.24, 2.45) is 10.7 Å². The third-order valence-corrected chi connectivity index (χ3v) is 3.24. The number of amidine groups is 1. The van der Waals surface area contributed by atoms with Gasteiger partial charge in [-0.15, -0.1) is 5.10 Å². The third-order valence-electron chi connectivity index (χ3n) is 3.24. The lowest BCUT2D eigenvalue weighted by molar-refractivity contribution is -0.140. The number of nitrogens with one attached hydrogen (secondary N) is 2. The molecule has 0 saturated carbocycles. The highest BCUT2D eigenvalue weighted by Gasteiger charge is 2.23. The number of para-hydroxylation sites is 1. The van der Waals surface area contributed by atoms with Crippen molar-refractivity contribution in [3.8, 4) is 6.07 Å². The van der Waals surface area contributed by atoms with Crippen LogP contribution in [-0.4, -0.2) is 33.2 Å². The summed E-state index contributed by atoms with van der Waals surface area (Å²) in [7, 11) is 0. The zero-order valence-corrected chi connectivity index (χ0v) is 12.8. The van der Waals surface area contributed by atoms with Crippen molar-refractivity contribution in [2.75, 3.05) is 0 Å². The van der Waals surface area contributed by atoms with E-state index in [1.165, 1.54) is 12.4 Å². The Morgan fingerprint density at radius 3 is 2.92 bits per heavy atom. The maximum atomic E-state index is 12.4. The minimum atomic E-state index is -0.917. The summed E-state index contributed by atoms with van der Waals surface area (Å²) in [6.45, 7) is 0. The van der Waals surface area contributed by atoms with E-state index in [9.17, 15) is 4.79 Å². The summed E-state index contributed by atoms with van der Waals surface area (Å²) in [6.07, 6.45) is 3.08. The second kappa shape index (κ2) is 6.63. The second-order valence-electron chi connectivity index (χ2n) is 4.92. The molecule has 0 aliphatic carbocycles. The number of hydrogen-bond donors (Lipinski definition) is 3. The summed E-state index contributed by atoms with van der Waals surface area (Å²) < 4.78 is 0. The van der Waals surface area contributed by atoms with E-state index in [2.05, 4.69) is 20.6 Å². The zero-order valence-electron chi connectivity index (χ0n) is 12.8. The summed E-state index contributed by atoms with van der Waals surface area (Å²) in [5, 5.41) is 26.6. The highest BCUT2D eigenvalue weighted by Crippen LogP contribution is 2.12. The number of carbonyl (C=O) groups excluding carboxylic acids is 1. The van der Waals surface area contributed by atoms with Gasteiger partial charge in [0.2, 0.25) is 0 Å². The maximum absolute atomic E-state index is 12.4. The number of allylic oxidation sites excluding steroid dienone is 1. The molecule has 0 radical (unpaired) electrons. The Kier molecular flexibility index (Phi) is 4.21. The van der Waals surface area contributed by atoms with Gasteiger partial charge in [-0.05, 0) is 17.3 Å². The number of nitrogens with two attached hydrogens (primary N) is 1. The van der Waals surface area contributed by atoms with Crippen LogP contribution in [0, 0.1) is 16.7 Å². The molecule has 2 heterocycles. The first kappa shape index (κ1) is 15.9. The molecule has 1 aromatic heterocycles. The van der Waals surface area contributed by atoms with Crippen molar-refractivity contribution in [1.29, 1.82) is 10.7 Å². The Morgan fingerprint density at radius 1 is 1.44 bits per heavy atom. The number of carbonyl (C=O) groups is 1. The van der Waals surface area contributed by atoms with E-state index in [4.69, 9.17) is 21.2 Å². The van der Waals surface area contributed by atoms with Gasteiger partial charge < -0.3 is 15.9 Å². The number of rotatable bonds is 4. The van der Waals surface area contributed by atoms with Crippen LogP contribution in [-0.2, 0) is 4.79 Å². The number of benzene rings is 1. The van der Waals surface area contributed by atoms with Gasteiger partial charge in [-0.1, -0.05) is 17.0 Å². The maximum Gasteiger partial charge on any atom is 0.373 e. The molecule has 0 spiro atoms. The van der Waals surface area contributed by atoms with Gasteiger partial charge in [-0.3, -0.25) is 5.41 Å². The van der Waals surface area contributed by atoms with Gasteiger partial charge in [0.25, 0.3) is 0 Å². The van der Waals surface area contributed by atoms with Crippen LogP contribution in [0.15, 0.2) is 52.4 Å². The minimum absolute atomic E-state index is 0.0450. The topological polar surface area (TPSA) is 155 Å². The first-order chi connectivity index (χ1) is 12.1. The molecule has 1 aromatic carbocycles. The molecule has 10 heteroatoms. The van der Waals surface area contributed by atoms with Crippen LogP contribution in [0.2, 0.25) is 0 Å². The van der Waals surface area contributed by atoms with E-state index in [-0.39, 0.29) is 17.8 Å². The molecule has 1 aliphatic heterocycles. The quantitative estimate of drug-likeness (QED) is 0.307. The largest absolute Gasteiger partial charge is 0.383 e. The van der Waals surface area contributed by atoms with E-state index < -0.39 is 11.8 Å². The highest BCUT2D eigenvalue weighted by molar-refractivity contribution is 6.17. The molecule has 25 heavy (non-hydrogen) atoms. The monoisotopic (exact) mass is 336 g/mol. The lowest BCUT2D eigenvalue weighted by atomic mass is 10.2. The van der Waals surface area contributed by atoms with Gasteiger partial charge in [-0.25, -0.2) is 9.79 Å². The Balaban J connectivity index is 1.88. The molecule has 10 nitrogen and oxygen atoms in total. The van der Waals surface area contributed by atoms with Crippen molar-refractivity contribution < 1.29 is 9.63 Å². The van der Waals surface area contributed by atoms with Gasteiger partial charge in [0.1, 0.15) is 28.3 Å². The second-order valence-corrected chi connectivity index (χ2v) is 4.92. The standard InChI is InChI=1S/C15H12N8O2/c16-6-5-9-7-19-14(20-8-9)12(13(17)18)15(24)25-23-11-4-2-1-3-10(11)21-22-23/h1-4,7-8,19H,5H2,(H3,17,18)/b14-12+. The molecule has 4 N–H and O–H groups in total. The van der Waals surface area contributed by atoms with Crippen LogP contribution in [0.3, 0.4) is 0 Å². The van der Waals surface area contributed by atoms with E-state index in [1.807, 2.05) is 6.07 Å². The predicted octanol–water partition coefficient (Wildman–Crippen LogP) is 0.00565. The Labute approximate surface area is 141 Å². The molecule has 0 fully saturated rings. The summed E-state index contributed by atoms with van der Waals surface area (Å²) in [6, 6.07) is 8.89. The molecule has 0 saturated heterocycles. The molecule has 1 aliphatic rings. The molecule has 2 aromatic rings. The number of nitriles is 1. The summed E-state index contributed by atoms with van der Waals surface area (Å²) >= 11 is 0. The minimum Gasteiger partial charge on any atom is -0.383 e. The van der Waals surface area contributed by atoms with Crippen molar-refractivity contribution >= 4 is 29.1 Å². The molecule has 0 amide bonds. The number of hydrogen-bond acceptors (Lipinski definition) is 8. The van der Waals surface area contributed by atoms with E-state index in [0.717, 1.165) is 4.85 Å². The molecule has 0 bridgehead atoms. The molecular formula is C15H12N8O2. The lowest BCUT2D eigenvalue weighted by Crippen LogP contribution is -2.32. The summed E-state index contributed by atoms with van der Waals surface area (Å²) in [5.41, 5.74) is 6.90. The van der Waals surface area contributed by atoms with E-state index >= 15 is 0 Å². The van der Waals surface area contributed by atoms with E-state index in [0.29, 0.717) is 16.6 Å². The molecule has 0 unspecified atom stereocenters. The van der Waals surface area contributed by atoms with Crippen LogP contribution in [0.5, 0.6) is 0 Å². The fourth-order valence-corrected chi connectivity index (χ4v) is 2.08. The van der Waals surface area contributed by atoms with Gasteiger partial charge in [-0.2, -0.15) is 5.26 Å². The lowest BCUT2D eigenvalue weighted by Gasteiger charge is -2.13. The Morgan fingerprint density at radius 2 is 2.24 bits per heavy atom. The fraction of sp³-hybridized carbons (Fsp3) is 0.0667. The van der Waals surface area contributed by atoms with Crippen molar-refractivity contribution in [3.63, 3.8) is 0 Å². The predicted molar refractivity (Wildman–Crippen MR) is 88.0 cm³/mol. The van der Waals surface area contributed by atoms with Crippen molar-refractivity contribution in [1.82, 2.24) is 20.5 Å². The van der Waals surface area contributed by atoms with Gasteiger partial charge in [0.05, 0.1) is 12.5 Å². The summed E-state index contributed by atoms with van der Waals surface area (Å²) in [4.78, 5) is 22.6.